The summed E-state index contributed by atoms with van der Waals surface area (Å²) in [6.45, 7) is 0. The number of carboxylic acid groups (broad SMARTS) is 1. The topological polar surface area (TPSA) is 100 Å². The average molecular weight is 401 g/mol. The Hall–Kier alpha value is -2.65. The number of benzene rings is 1. The lowest BCUT2D eigenvalue weighted by molar-refractivity contribution is -0.305. The first kappa shape index (κ1) is 19.1. The van der Waals surface area contributed by atoms with E-state index in [1.54, 1.807) is 19.5 Å². The van der Waals surface area contributed by atoms with Gasteiger partial charge in [-0.2, -0.15) is 0 Å². The van der Waals surface area contributed by atoms with Crippen molar-refractivity contribution >= 4 is 39.9 Å². The molecule has 0 aliphatic rings. The van der Waals surface area contributed by atoms with E-state index in [1.807, 2.05) is 30.5 Å². The SMILES string of the molecule is COc1ccc(-c2nc(Nc3cnc(SC)nc3)sc2CCC(=O)[O-])cc1. The number of aliphatic carboxylic acids is 1. The zero-order valence-corrected chi connectivity index (χ0v) is 16.4. The first-order valence-corrected chi connectivity index (χ1v) is 10.1. The number of methoxy groups -OCH3 is 1. The summed E-state index contributed by atoms with van der Waals surface area (Å²) in [6.07, 6.45) is 5.58. The number of thioether (sulfide) groups is 1. The Bertz CT molecular complexity index is 911. The van der Waals surface area contributed by atoms with Gasteiger partial charge in [0.15, 0.2) is 10.3 Å². The van der Waals surface area contributed by atoms with Gasteiger partial charge in [-0.3, -0.25) is 0 Å². The normalized spacial score (nSPS) is 10.6. The number of nitrogens with one attached hydrogen (secondary N) is 1. The number of carbonyl (C=O) groups excluding carboxylic acids is 1. The fourth-order valence-electron chi connectivity index (χ4n) is 2.37. The highest BCUT2D eigenvalue weighted by atomic mass is 32.2. The molecule has 3 aromatic rings. The van der Waals surface area contributed by atoms with Crippen molar-refractivity contribution in [2.75, 3.05) is 18.7 Å². The minimum atomic E-state index is -1.08. The molecule has 0 fully saturated rings. The van der Waals surface area contributed by atoms with Gasteiger partial charge in [-0.25, -0.2) is 15.0 Å². The van der Waals surface area contributed by atoms with Crippen LogP contribution in [0.5, 0.6) is 5.75 Å². The number of anilines is 2. The number of aryl methyl sites for hydroxylation is 1. The Labute approximate surface area is 164 Å². The molecular weight excluding hydrogens is 384 g/mol. The summed E-state index contributed by atoms with van der Waals surface area (Å²) in [5.74, 6) is -0.339. The predicted octanol–water partition coefficient (Wildman–Crippen LogP) is 2.76. The molecule has 0 aliphatic heterocycles. The number of hydrogen-bond donors (Lipinski definition) is 1. The van der Waals surface area contributed by atoms with Gasteiger partial charge in [0.2, 0.25) is 0 Å². The van der Waals surface area contributed by atoms with Gasteiger partial charge in [-0.05, 0) is 43.4 Å². The van der Waals surface area contributed by atoms with Gasteiger partial charge >= 0.3 is 0 Å². The molecule has 0 atom stereocenters. The maximum Gasteiger partial charge on any atom is 0.188 e. The molecule has 0 aliphatic carbocycles. The van der Waals surface area contributed by atoms with Crippen molar-refractivity contribution in [3.63, 3.8) is 0 Å². The molecule has 2 heterocycles. The number of carboxylic acids is 1. The van der Waals surface area contributed by atoms with Crippen LogP contribution in [0.15, 0.2) is 41.8 Å². The van der Waals surface area contributed by atoms with E-state index < -0.39 is 5.97 Å². The number of nitrogens with zero attached hydrogens (tertiary/aromatic N) is 3. The molecule has 0 unspecified atom stereocenters. The van der Waals surface area contributed by atoms with E-state index in [2.05, 4.69) is 20.3 Å². The second-order valence-corrected chi connectivity index (χ2v) is 7.33. The van der Waals surface area contributed by atoms with E-state index in [4.69, 9.17) is 4.74 Å². The lowest BCUT2D eigenvalue weighted by atomic mass is 10.1. The summed E-state index contributed by atoms with van der Waals surface area (Å²) in [4.78, 5) is 24.8. The molecule has 0 saturated carbocycles. The lowest BCUT2D eigenvalue weighted by Crippen LogP contribution is -2.22. The van der Waals surface area contributed by atoms with Crippen LogP contribution >= 0.6 is 23.1 Å². The monoisotopic (exact) mass is 401 g/mol. The molecule has 0 amide bonds. The Kier molecular flexibility index (Phi) is 6.25. The Morgan fingerprint density at radius 3 is 2.56 bits per heavy atom. The third kappa shape index (κ3) is 4.95. The number of hydrogen-bond acceptors (Lipinski definition) is 9. The standard InChI is InChI=1S/C18H18N4O3S2/c1-25-13-5-3-11(4-6-13)16-14(7-8-15(23)24)27-18(22-16)21-12-9-19-17(26-2)20-10-12/h3-6,9-10H,7-8H2,1-2H3,(H,21,22)(H,23,24)/p-1. The summed E-state index contributed by atoms with van der Waals surface area (Å²) in [5, 5.41) is 15.4. The zero-order chi connectivity index (χ0) is 19.2. The molecule has 9 heteroatoms. The van der Waals surface area contributed by atoms with Crippen LogP contribution in [0, 0.1) is 0 Å². The van der Waals surface area contributed by atoms with Crippen LogP contribution in [0.4, 0.5) is 10.8 Å². The second-order valence-electron chi connectivity index (χ2n) is 5.47. The molecule has 3 rings (SSSR count). The number of ether oxygens (including phenoxy) is 1. The van der Waals surface area contributed by atoms with Crippen LogP contribution in [0.1, 0.15) is 11.3 Å². The first-order valence-electron chi connectivity index (χ1n) is 8.06. The highest BCUT2D eigenvalue weighted by Crippen LogP contribution is 2.34. The van der Waals surface area contributed by atoms with Crippen molar-refractivity contribution in [2.45, 2.75) is 18.0 Å². The Morgan fingerprint density at radius 2 is 1.96 bits per heavy atom. The van der Waals surface area contributed by atoms with Crippen molar-refractivity contribution in [1.29, 1.82) is 0 Å². The maximum atomic E-state index is 10.9. The van der Waals surface area contributed by atoms with Crippen molar-refractivity contribution < 1.29 is 14.6 Å². The second kappa shape index (κ2) is 8.83. The summed E-state index contributed by atoms with van der Waals surface area (Å²) in [5.41, 5.74) is 2.35. The van der Waals surface area contributed by atoms with Crippen LogP contribution < -0.4 is 15.2 Å². The largest absolute Gasteiger partial charge is 0.550 e. The average Bonchev–Trinajstić information content (AvgIpc) is 3.09. The van der Waals surface area contributed by atoms with E-state index in [-0.39, 0.29) is 6.42 Å². The predicted molar refractivity (Wildman–Crippen MR) is 105 cm³/mol. The Morgan fingerprint density at radius 1 is 1.26 bits per heavy atom. The van der Waals surface area contributed by atoms with Gasteiger partial charge in [-0.15, -0.1) is 11.3 Å². The Balaban J connectivity index is 1.88. The molecule has 0 radical (unpaired) electrons. The number of aromatic nitrogens is 3. The molecule has 27 heavy (non-hydrogen) atoms. The zero-order valence-electron chi connectivity index (χ0n) is 14.8. The first-order chi connectivity index (χ1) is 13.1. The number of carbonyl (C=O) groups is 1. The molecule has 0 spiro atoms. The van der Waals surface area contributed by atoms with Gasteiger partial charge in [0, 0.05) is 16.4 Å². The fraction of sp³-hybridized carbons (Fsp3) is 0.222. The molecule has 1 N–H and O–H groups in total. The van der Waals surface area contributed by atoms with E-state index in [0.29, 0.717) is 22.4 Å². The van der Waals surface area contributed by atoms with Crippen molar-refractivity contribution in [1.82, 2.24) is 15.0 Å². The molecular formula is C18H17N4O3S2-. The quantitative estimate of drug-likeness (QED) is 0.454. The van der Waals surface area contributed by atoms with Gasteiger partial charge < -0.3 is 20.0 Å². The van der Waals surface area contributed by atoms with E-state index >= 15 is 0 Å². The highest BCUT2D eigenvalue weighted by Gasteiger charge is 2.14. The minimum Gasteiger partial charge on any atom is -0.550 e. The smallest absolute Gasteiger partial charge is 0.188 e. The van der Waals surface area contributed by atoms with E-state index in [0.717, 1.165) is 21.9 Å². The third-order valence-electron chi connectivity index (χ3n) is 3.68. The van der Waals surface area contributed by atoms with Crippen LogP contribution in [-0.4, -0.2) is 34.3 Å². The van der Waals surface area contributed by atoms with Crippen LogP contribution in [0.2, 0.25) is 0 Å². The summed E-state index contributed by atoms with van der Waals surface area (Å²) in [6, 6.07) is 7.49. The van der Waals surface area contributed by atoms with E-state index in [9.17, 15) is 9.90 Å². The minimum absolute atomic E-state index is 0.0592. The summed E-state index contributed by atoms with van der Waals surface area (Å²) in [7, 11) is 1.61. The molecule has 2 aromatic heterocycles. The van der Waals surface area contributed by atoms with Crippen molar-refractivity contribution in [3.8, 4) is 17.0 Å². The third-order valence-corrected chi connectivity index (χ3v) is 5.29. The van der Waals surface area contributed by atoms with Crippen LogP contribution in [-0.2, 0) is 11.2 Å². The van der Waals surface area contributed by atoms with Crippen LogP contribution in [0.25, 0.3) is 11.3 Å². The highest BCUT2D eigenvalue weighted by molar-refractivity contribution is 7.98. The van der Waals surface area contributed by atoms with Crippen molar-refractivity contribution in [3.05, 3.63) is 41.5 Å². The van der Waals surface area contributed by atoms with E-state index in [1.165, 1.54) is 23.1 Å². The van der Waals surface area contributed by atoms with Gasteiger partial charge in [0.05, 0.1) is 30.9 Å². The van der Waals surface area contributed by atoms with Crippen LogP contribution in [0.3, 0.4) is 0 Å². The summed E-state index contributed by atoms with van der Waals surface area (Å²) >= 11 is 2.87. The maximum absolute atomic E-state index is 10.9. The fourth-order valence-corrected chi connectivity index (χ4v) is 3.69. The summed E-state index contributed by atoms with van der Waals surface area (Å²) < 4.78 is 5.19. The number of thiazole rings is 1. The van der Waals surface area contributed by atoms with Gasteiger partial charge in [0.1, 0.15) is 5.75 Å². The number of rotatable bonds is 8. The molecule has 7 nitrogen and oxygen atoms in total. The molecule has 0 bridgehead atoms. The molecule has 140 valence electrons. The van der Waals surface area contributed by atoms with Gasteiger partial charge in [-0.1, -0.05) is 11.8 Å². The lowest BCUT2D eigenvalue weighted by Gasteiger charge is -2.04. The van der Waals surface area contributed by atoms with Crippen molar-refractivity contribution in [2.24, 2.45) is 0 Å². The molecule has 0 saturated heterocycles. The molecule has 1 aromatic carbocycles. The van der Waals surface area contributed by atoms with Gasteiger partial charge in [0.25, 0.3) is 0 Å².